The first-order valence-electron chi connectivity index (χ1n) is 4.26. The number of hydrogen-bond donors (Lipinski definition) is 1. The largest absolute Gasteiger partial charge is 0.396 e. The van der Waals surface area contributed by atoms with Gasteiger partial charge in [-0.05, 0) is 6.42 Å². The maximum absolute atomic E-state index is 11.5. The monoisotopic (exact) mass is 173 g/mol. The van der Waals surface area contributed by atoms with Gasteiger partial charge < -0.3 is 10.0 Å². The molecule has 72 valence electrons. The summed E-state index contributed by atoms with van der Waals surface area (Å²) in [5, 5.41) is 8.56. The zero-order valence-corrected chi connectivity index (χ0v) is 8.42. The zero-order chi connectivity index (χ0) is 9.78. The molecule has 0 aliphatic carbocycles. The standard InChI is InChI=1S/C9H19NO2/c1-9(2,3)8(12)10(4)6-5-7-11/h11H,5-7H2,1-4H3. The number of carbonyl (C=O) groups is 1. The average molecular weight is 173 g/mol. The fourth-order valence-corrected chi connectivity index (χ4v) is 0.982. The second-order valence-electron chi connectivity index (χ2n) is 4.05. The van der Waals surface area contributed by atoms with Crippen LogP contribution in [0.5, 0.6) is 0 Å². The van der Waals surface area contributed by atoms with Crippen molar-refractivity contribution in [2.24, 2.45) is 5.41 Å². The van der Waals surface area contributed by atoms with Gasteiger partial charge in [-0.15, -0.1) is 0 Å². The summed E-state index contributed by atoms with van der Waals surface area (Å²) in [7, 11) is 1.77. The lowest BCUT2D eigenvalue weighted by Crippen LogP contribution is -2.37. The third-order valence-corrected chi connectivity index (χ3v) is 1.64. The van der Waals surface area contributed by atoms with Crippen LogP contribution in [0.1, 0.15) is 27.2 Å². The molecule has 0 aliphatic rings. The van der Waals surface area contributed by atoms with Crippen LogP contribution < -0.4 is 0 Å². The van der Waals surface area contributed by atoms with Crippen LogP contribution >= 0.6 is 0 Å². The lowest BCUT2D eigenvalue weighted by molar-refractivity contribution is -0.138. The Labute approximate surface area is 74.4 Å². The Morgan fingerprint density at radius 1 is 1.42 bits per heavy atom. The van der Waals surface area contributed by atoms with Gasteiger partial charge in [0.05, 0.1) is 0 Å². The van der Waals surface area contributed by atoms with Gasteiger partial charge >= 0.3 is 0 Å². The molecule has 1 N–H and O–H groups in total. The number of carbonyl (C=O) groups excluding carboxylic acids is 1. The predicted molar refractivity (Wildman–Crippen MR) is 48.8 cm³/mol. The van der Waals surface area contributed by atoms with Crippen LogP contribution in [-0.4, -0.2) is 36.1 Å². The van der Waals surface area contributed by atoms with Crippen molar-refractivity contribution < 1.29 is 9.90 Å². The van der Waals surface area contributed by atoms with Crippen molar-refractivity contribution in [2.75, 3.05) is 20.2 Å². The topological polar surface area (TPSA) is 40.5 Å². The lowest BCUT2D eigenvalue weighted by atomic mass is 9.95. The molecule has 0 bridgehead atoms. The van der Waals surface area contributed by atoms with Gasteiger partial charge in [-0.3, -0.25) is 4.79 Å². The highest BCUT2D eigenvalue weighted by atomic mass is 16.3. The normalized spacial score (nSPS) is 11.4. The third-order valence-electron chi connectivity index (χ3n) is 1.64. The highest BCUT2D eigenvalue weighted by molar-refractivity contribution is 5.81. The smallest absolute Gasteiger partial charge is 0.227 e. The SMILES string of the molecule is CN(CCCO)C(=O)C(C)(C)C. The molecule has 0 radical (unpaired) electrons. The van der Waals surface area contributed by atoms with Crippen molar-refractivity contribution in [1.29, 1.82) is 0 Å². The molecule has 3 heteroatoms. The van der Waals surface area contributed by atoms with Gasteiger partial charge in [0.25, 0.3) is 0 Å². The van der Waals surface area contributed by atoms with E-state index in [1.807, 2.05) is 20.8 Å². The predicted octanol–water partition coefficient (Wildman–Crippen LogP) is 0.873. The minimum Gasteiger partial charge on any atom is -0.396 e. The van der Waals surface area contributed by atoms with E-state index in [1.165, 1.54) is 0 Å². The fraction of sp³-hybridized carbons (Fsp3) is 0.889. The van der Waals surface area contributed by atoms with Gasteiger partial charge in [-0.1, -0.05) is 20.8 Å². The van der Waals surface area contributed by atoms with E-state index in [4.69, 9.17) is 5.11 Å². The molecular weight excluding hydrogens is 154 g/mol. The van der Waals surface area contributed by atoms with E-state index < -0.39 is 0 Å². The molecule has 3 nitrogen and oxygen atoms in total. The Bertz CT molecular complexity index is 149. The molecule has 0 unspecified atom stereocenters. The van der Waals surface area contributed by atoms with Crippen LogP contribution in [-0.2, 0) is 4.79 Å². The summed E-state index contributed by atoms with van der Waals surface area (Å²) in [4.78, 5) is 13.2. The highest BCUT2D eigenvalue weighted by Gasteiger charge is 2.24. The number of rotatable bonds is 3. The van der Waals surface area contributed by atoms with Crippen molar-refractivity contribution >= 4 is 5.91 Å². The Hall–Kier alpha value is -0.570. The van der Waals surface area contributed by atoms with Crippen molar-refractivity contribution in [1.82, 2.24) is 4.90 Å². The summed E-state index contributed by atoms with van der Waals surface area (Å²) in [6.45, 7) is 6.45. The van der Waals surface area contributed by atoms with Crippen LogP contribution in [0.25, 0.3) is 0 Å². The first-order valence-corrected chi connectivity index (χ1v) is 4.26. The third kappa shape index (κ3) is 3.72. The number of nitrogens with zero attached hydrogens (tertiary/aromatic N) is 1. The molecule has 0 saturated heterocycles. The van der Waals surface area contributed by atoms with Gasteiger partial charge in [0.15, 0.2) is 0 Å². The summed E-state index contributed by atoms with van der Waals surface area (Å²) >= 11 is 0. The van der Waals surface area contributed by atoms with Crippen LogP contribution in [0.4, 0.5) is 0 Å². The number of aliphatic hydroxyl groups is 1. The van der Waals surface area contributed by atoms with Gasteiger partial charge in [0.2, 0.25) is 5.91 Å². The summed E-state index contributed by atoms with van der Waals surface area (Å²) in [6.07, 6.45) is 0.651. The first kappa shape index (κ1) is 11.4. The van der Waals surface area contributed by atoms with Crippen molar-refractivity contribution in [2.45, 2.75) is 27.2 Å². The number of hydrogen-bond acceptors (Lipinski definition) is 2. The lowest BCUT2D eigenvalue weighted by Gasteiger charge is -2.25. The summed E-state index contributed by atoms with van der Waals surface area (Å²) in [5.41, 5.74) is -0.315. The van der Waals surface area contributed by atoms with Gasteiger partial charge in [0.1, 0.15) is 0 Å². The molecule has 0 saturated carbocycles. The molecule has 0 aromatic rings. The van der Waals surface area contributed by atoms with Crippen LogP contribution in [0.15, 0.2) is 0 Å². The van der Waals surface area contributed by atoms with E-state index in [0.29, 0.717) is 13.0 Å². The van der Waals surface area contributed by atoms with Crippen molar-refractivity contribution in [3.8, 4) is 0 Å². The van der Waals surface area contributed by atoms with E-state index in [1.54, 1.807) is 11.9 Å². The van der Waals surface area contributed by atoms with E-state index in [-0.39, 0.29) is 17.9 Å². The number of aliphatic hydroxyl groups excluding tert-OH is 1. The van der Waals surface area contributed by atoms with Crippen LogP contribution in [0, 0.1) is 5.41 Å². The molecule has 12 heavy (non-hydrogen) atoms. The minimum atomic E-state index is -0.315. The zero-order valence-electron chi connectivity index (χ0n) is 8.42. The van der Waals surface area contributed by atoms with E-state index in [9.17, 15) is 4.79 Å². The Kier molecular flexibility index (Phi) is 4.24. The first-order chi connectivity index (χ1) is 5.39. The molecule has 0 fully saturated rings. The molecule has 0 atom stereocenters. The van der Waals surface area contributed by atoms with E-state index in [0.717, 1.165) is 0 Å². The van der Waals surface area contributed by atoms with Crippen molar-refractivity contribution in [3.63, 3.8) is 0 Å². The van der Waals surface area contributed by atoms with Crippen LogP contribution in [0.2, 0.25) is 0 Å². The Morgan fingerprint density at radius 3 is 2.25 bits per heavy atom. The molecule has 1 amide bonds. The average Bonchev–Trinajstić information content (AvgIpc) is 1.97. The van der Waals surface area contributed by atoms with E-state index in [2.05, 4.69) is 0 Å². The molecule has 0 spiro atoms. The minimum absolute atomic E-state index is 0.121. The maximum Gasteiger partial charge on any atom is 0.227 e. The molecule has 0 aromatic carbocycles. The quantitative estimate of drug-likeness (QED) is 0.688. The summed E-state index contributed by atoms with van der Waals surface area (Å²) in [6, 6.07) is 0. The van der Waals surface area contributed by atoms with Gasteiger partial charge in [-0.25, -0.2) is 0 Å². The van der Waals surface area contributed by atoms with E-state index >= 15 is 0 Å². The summed E-state index contributed by atoms with van der Waals surface area (Å²) in [5.74, 6) is 0.121. The van der Waals surface area contributed by atoms with Crippen molar-refractivity contribution in [3.05, 3.63) is 0 Å². The fourth-order valence-electron chi connectivity index (χ4n) is 0.982. The number of amides is 1. The molecule has 0 aromatic heterocycles. The Balaban J connectivity index is 3.94. The van der Waals surface area contributed by atoms with Gasteiger partial charge in [-0.2, -0.15) is 0 Å². The second-order valence-corrected chi connectivity index (χ2v) is 4.05. The molecule has 0 aliphatic heterocycles. The van der Waals surface area contributed by atoms with Gasteiger partial charge in [0, 0.05) is 25.6 Å². The maximum atomic E-state index is 11.5. The highest BCUT2D eigenvalue weighted by Crippen LogP contribution is 2.16. The molecule has 0 heterocycles. The molecular formula is C9H19NO2. The van der Waals surface area contributed by atoms with Crippen LogP contribution in [0.3, 0.4) is 0 Å². The summed E-state index contributed by atoms with van der Waals surface area (Å²) < 4.78 is 0. The Morgan fingerprint density at radius 2 is 1.92 bits per heavy atom. The molecule has 0 rings (SSSR count). The second kappa shape index (κ2) is 4.45.